The summed E-state index contributed by atoms with van der Waals surface area (Å²) in [6.45, 7) is 5.82. The number of carbonyl (C=O) groups excluding carboxylic acids is 1. The third kappa shape index (κ3) is 2.10. The van der Waals surface area contributed by atoms with Crippen LogP contribution in [0.25, 0.3) is 0 Å². The lowest BCUT2D eigenvalue weighted by Crippen LogP contribution is -2.39. The molecule has 3 fully saturated rings. The van der Waals surface area contributed by atoms with Crippen LogP contribution in [0.4, 0.5) is 0 Å². The van der Waals surface area contributed by atoms with Gasteiger partial charge in [0.2, 0.25) is 0 Å². The number of esters is 1. The molecule has 14 heavy (non-hydrogen) atoms. The van der Waals surface area contributed by atoms with Crippen LogP contribution in [-0.4, -0.2) is 11.6 Å². The normalized spacial score (nSPS) is 36.1. The number of hydrogen-bond donors (Lipinski definition) is 0. The van der Waals surface area contributed by atoms with E-state index in [0.717, 1.165) is 24.7 Å². The second kappa shape index (κ2) is 3.25. The first-order valence-electron chi connectivity index (χ1n) is 5.67. The molecule has 80 valence electrons. The van der Waals surface area contributed by atoms with Crippen molar-refractivity contribution in [2.45, 2.75) is 52.1 Å². The summed E-state index contributed by atoms with van der Waals surface area (Å²) < 4.78 is 5.41. The topological polar surface area (TPSA) is 26.3 Å². The summed E-state index contributed by atoms with van der Waals surface area (Å²) in [6.07, 6.45) is 4.87. The van der Waals surface area contributed by atoms with Crippen molar-refractivity contribution in [2.75, 3.05) is 0 Å². The predicted molar refractivity (Wildman–Crippen MR) is 54.8 cm³/mol. The fourth-order valence-electron chi connectivity index (χ4n) is 2.74. The molecule has 0 saturated heterocycles. The van der Waals surface area contributed by atoms with Crippen LogP contribution < -0.4 is 0 Å². The molecular formula is C12H20O2. The van der Waals surface area contributed by atoms with Crippen molar-refractivity contribution in [2.24, 2.45) is 17.8 Å². The third-order valence-corrected chi connectivity index (χ3v) is 3.31. The Labute approximate surface area is 86.0 Å². The van der Waals surface area contributed by atoms with E-state index in [4.69, 9.17) is 4.74 Å². The largest absolute Gasteiger partial charge is 0.460 e. The number of rotatable bonds is 1. The molecule has 0 aromatic heterocycles. The van der Waals surface area contributed by atoms with Crippen molar-refractivity contribution in [1.82, 2.24) is 0 Å². The number of carbonyl (C=O) groups is 1. The number of fused-ring (bicyclic) bond motifs is 2. The van der Waals surface area contributed by atoms with E-state index in [1.165, 1.54) is 12.8 Å². The molecule has 0 aromatic carbocycles. The molecule has 3 saturated carbocycles. The molecule has 0 radical (unpaired) electrons. The molecule has 3 aliphatic carbocycles. The maximum Gasteiger partial charge on any atom is 0.309 e. The van der Waals surface area contributed by atoms with E-state index in [-0.39, 0.29) is 17.5 Å². The first-order chi connectivity index (χ1) is 6.44. The van der Waals surface area contributed by atoms with Gasteiger partial charge in [-0.2, -0.15) is 0 Å². The summed E-state index contributed by atoms with van der Waals surface area (Å²) in [5.74, 6) is 1.89. The Bertz CT molecular complexity index is 223. The minimum absolute atomic E-state index is 0.0342. The SMILES string of the molecule is CC(C)(C)OC(=O)C1CC2CC(C2)C1. The zero-order valence-corrected chi connectivity index (χ0v) is 9.38. The Morgan fingerprint density at radius 3 is 2.00 bits per heavy atom. The molecule has 0 spiro atoms. The molecular weight excluding hydrogens is 176 g/mol. The maximum atomic E-state index is 11.8. The van der Waals surface area contributed by atoms with Crippen molar-refractivity contribution in [3.8, 4) is 0 Å². The van der Waals surface area contributed by atoms with Crippen LogP contribution in [0, 0.1) is 17.8 Å². The molecule has 2 heteroatoms. The van der Waals surface area contributed by atoms with E-state index in [1.54, 1.807) is 0 Å². The second-order valence-electron chi connectivity index (χ2n) is 5.91. The Hall–Kier alpha value is -0.530. The van der Waals surface area contributed by atoms with Crippen molar-refractivity contribution in [1.29, 1.82) is 0 Å². The first kappa shape index (κ1) is 10.0. The van der Waals surface area contributed by atoms with Gasteiger partial charge in [-0.05, 0) is 58.3 Å². The van der Waals surface area contributed by atoms with Crippen LogP contribution in [0.3, 0.4) is 0 Å². The summed E-state index contributed by atoms with van der Waals surface area (Å²) in [5.41, 5.74) is -0.321. The van der Waals surface area contributed by atoms with Crippen LogP contribution in [-0.2, 0) is 9.53 Å². The van der Waals surface area contributed by atoms with Crippen LogP contribution >= 0.6 is 0 Å². The minimum atomic E-state index is -0.321. The van der Waals surface area contributed by atoms with Gasteiger partial charge in [0.05, 0.1) is 5.92 Å². The van der Waals surface area contributed by atoms with Gasteiger partial charge < -0.3 is 4.74 Å². The molecule has 0 aliphatic heterocycles. The smallest absolute Gasteiger partial charge is 0.309 e. The fourth-order valence-corrected chi connectivity index (χ4v) is 2.74. The fraction of sp³-hybridized carbons (Fsp3) is 0.917. The number of ether oxygens (including phenoxy) is 1. The molecule has 0 aromatic rings. The van der Waals surface area contributed by atoms with E-state index >= 15 is 0 Å². The summed E-state index contributed by atoms with van der Waals surface area (Å²) in [5, 5.41) is 0. The highest BCUT2D eigenvalue weighted by Gasteiger charge is 2.42. The molecule has 0 heterocycles. The zero-order chi connectivity index (χ0) is 10.3. The molecule has 0 atom stereocenters. The number of hydrogen-bond acceptors (Lipinski definition) is 2. The highest BCUT2D eigenvalue weighted by molar-refractivity contribution is 5.73. The zero-order valence-electron chi connectivity index (χ0n) is 9.38. The Balaban J connectivity index is 1.86. The van der Waals surface area contributed by atoms with Crippen LogP contribution in [0.5, 0.6) is 0 Å². The first-order valence-corrected chi connectivity index (χ1v) is 5.67. The van der Waals surface area contributed by atoms with Gasteiger partial charge >= 0.3 is 5.97 Å². The molecule has 0 unspecified atom stereocenters. The lowest BCUT2D eigenvalue weighted by molar-refractivity contribution is -0.164. The van der Waals surface area contributed by atoms with Gasteiger partial charge in [0, 0.05) is 0 Å². The minimum Gasteiger partial charge on any atom is -0.460 e. The van der Waals surface area contributed by atoms with E-state index < -0.39 is 0 Å². The van der Waals surface area contributed by atoms with Crippen molar-refractivity contribution < 1.29 is 9.53 Å². The van der Waals surface area contributed by atoms with Crippen LogP contribution in [0.15, 0.2) is 0 Å². The molecule has 0 amide bonds. The predicted octanol–water partition coefficient (Wildman–Crippen LogP) is 2.76. The van der Waals surface area contributed by atoms with E-state index in [1.807, 2.05) is 20.8 Å². The van der Waals surface area contributed by atoms with Gasteiger partial charge in [0.25, 0.3) is 0 Å². The third-order valence-electron chi connectivity index (χ3n) is 3.31. The van der Waals surface area contributed by atoms with E-state index in [2.05, 4.69) is 0 Å². The Kier molecular flexibility index (Phi) is 2.32. The van der Waals surface area contributed by atoms with Gasteiger partial charge in [-0.3, -0.25) is 4.79 Å². The maximum absolute atomic E-state index is 11.8. The van der Waals surface area contributed by atoms with Crippen molar-refractivity contribution >= 4 is 5.97 Å². The van der Waals surface area contributed by atoms with Gasteiger partial charge in [0.15, 0.2) is 0 Å². The molecule has 2 bridgehead atoms. The van der Waals surface area contributed by atoms with Gasteiger partial charge in [-0.15, -0.1) is 0 Å². The van der Waals surface area contributed by atoms with Crippen LogP contribution in [0.1, 0.15) is 46.5 Å². The Morgan fingerprint density at radius 1 is 1.07 bits per heavy atom. The van der Waals surface area contributed by atoms with Gasteiger partial charge in [-0.1, -0.05) is 0 Å². The summed E-state index contributed by atoms with van der Waals surface area (Å²) >= 11 is 0. The highest BCUT2D eigenvalue weighted by Crippen LogP contribution is 2.48. The van der Waals surface area contributed by atoms with Crippen molar-refractivity contribution in [3.63, 3.8) is 0 Å². The molecule has 3 rings (SSSR count). The highest BCUT2D eigenvalue weighted by atomic mass is 16.6. The average Bonchev–Trinajstić information content (AvgIpc) is 2.00. The monoisotopic (exact) mass is 196 g/mol. The van der Waals surface area contributed by atoms with Gasteiger partial charge in [0.1, 0.15) is 5.60 Å². The quantitative estimate of drug-likeness (QED) is 0.603. The van der Waals surface area contributed by atoms with Gasteiger partial charge in [-0.25, -0.2) is 0 Å². The summed E-state index contributed by atoms with van der Waals surface area (Å²) in [7, 11) is 0. The van der Waals surface area contributed by atoms with E-state index in [0.29, 0.717) is 0 Å². The summed E-state index contributed by atoms with van der Waals surface area (Å²) in [6, 6.07) is 0. The molecule has 0 N–H and O–H groups in total. The lowest BCUT2D eigenvalue weighted by atomic mass is 9.61. The van der Waals surface area contributed by atoms with Crippen molar-refractivity contribution in [3.05, 3.63) is 0 Å². The second-order valence-corrected chi connectivity index (χ2v) is 5.91. The van der Waals surface area contributed by atoms with E-state index in [9.17, 15) is 4.79 Å². The standard InChI is InChI=1S/C12H20O2/c1-12(2,3)14-11(13)10-6-8-4-9(5-8)7-10/h8-10H,4-7H2,1-3H3. The Morgan fingerprint density at radius 2 is 1.57 bits per heavy atom. The lowest BCUT2D eigenvalue weighted by Gasteiger charge is -2.44. The summed E-state index contributed by atoms with van der Waals surface area (Å²) in [4.78, 5) is 11.8. The average molecular weight is 196 g/mol. The molecule has 3 aliphatic rings. The molecule has 2 nitrogen and oxygen atoms in total. The van der Waals surface area contributed by atoms with Crippen LogP contribution in [0.2, 0.25) is 0 Å².